The maximum atomic E-state index is 12.5. The molecule has 4 rings (SSSR count). The third-order valence-corrected chi connectivity index (χ3v) is 5.72. The van der Waals surface area contributed by atoms with E-state index in [1.54, 1.807) is 53.4 Å². The lowest BCUT2D eigenvalue weighted by molar-refractivity contribution is 0.454. The number of nitrogens with one attached hydrogen (secondary N) is 1. The number of hydrogen-bond donors (Lipinski definition) is 1. The highest BCUT2D eigenvalue weighted by atomic mass is 32.2. The number of aryl methyl sites for hydroxylation is 1. The average Bonchev–Trinajstić information content (AvgIpc) is 3.21. The van der Waals surface area contributed by atoms with Crippen molar-refractivity contribution in [3.8, 4) is 23.5 Å². The molecule has 2 aromatic heterocycles. The number of rotatable bonds is 6. The standard InChI is InChI=1S/C21H16N6O3S/c1-15-23-12-13-27(15)20-10-11-21(25-24-20)30-18-6-4-17(5-7-18)26-31(28,29)19-8-2-16(14-22)3-9-19/h2-13,26H,1H3. The molecule has 0 bridgehead atoms. The summed E-state index contributed by atoms with van der Waals surface area (Å²) in [6.07, 6.45) is 3.47. The Balaban J connectivity index is 1.43. The molecule has 0 spiro atoms. The summed E-state index contributed by atoms with van der Waals surface area (Å²) in [4.78, 5) is 4.21. The minimum Gasteiger partial charge on any atom is -0.438 e. The number of nitriles is 1. The van der Waals surface area contributed by atoms with E-state index in [0.29, 0.717) is 28.7 Å². The van der Waals surface area contributed by atoms with E-state index in [9.17, 15) is 8.42 Å². The lowest BCUT2D eigenvalue weighted by atomic mass is 10.2. The van der Waals surface area contributed by atoms with Gasteiger partial charge in [-0.3, -0.25) is 9.29 Å². The molecule has 2 heterocycles. The first-order chi connectivity index (χ1) is 14.9. The first-order valence-electron chi connectivity index (χ1n) is 9.09. The molecule has 0 fully saturated rings. The van der Waals surface area contributed by atoms with Crippen LogP contribution in [0.1, 0.15) is 11.4 Å². The zero-order valence-corrected chi connectivity index (χ0v) is 17.1. The van der Waals surface area contributed by atoms with Crippen molar-refractivity contribution in [2.24, 2.45) is 0 Å². The summed E-state index contributed by atoms with van der Waals surface area (Å²) in [5.74, 6) is 2.19. The van der Waals surface area contributed by atoms with Crippen molar-refractivity contribution in [3.05, 3.63) is 84.4 Å². The minimum absolute atomic E-state index is 0.0651. The van der Waals surface area contributed by atoms with Crippen molar-refractivity contribution in [3.63, 3.8) is 0 Å². The molecule has 2 aromatic carbocycles. The van der Waals surface area contributed by atoms with E-state index >= 15 is 0 Å². The first-order valence-corrected chi connectivity index (χ1v) is 10.6. The normalized spacial score (nSPS) is 11.0. The number of imidazole rings is 1. The number of ether oxygens (including phenoxy) is 1. The summed E-state index contributed by atoms with van der Waals surface area (Å²) in [6, 6.07) is 17.4. The largest absolute Gasteiger partial charge is 0.438 e. The van der Waals surface area contributed by atoms with Crippen molar-refractivity contribution in [2.75, 3.05) is 4.72 Å². The van der Waals surface area contributed by atoms with Gasteiger partial charge in [0.1, 0.15) is 11.6 Å². The van der Waals surface area contributed by atoms with E-state index < -0.39 is 10.0 Å². The van der Waals surface area contributed by atoms with Gasteiger partial charge in [0, 0.05) is 24.1 Å². The van der Waals surface area contributed by atoms with Crippen LogP contribution in [0.25, 0.3) is 5.82 Å². The molecule has 10 heteroatoms. The number of aromatic nitrogens is 4. The number of anilines is 1. The van der Waals surface area contributed by atoms with Crippen molar-refractivity contribution in [1.29, 1.82) is 5.26 Å². The van der Waals surface area contributed by atoms with Crippen LogP contribution in [0.2, 0.25) is 0 Å². The van der Waals surface area contributed by atoms with Gasteiger partial charge in [-0.2, -0.15) is 5.26 Å². The highest BCUT2D eigenvalue weighted by Crippen LogP contribution is 2.23. The fourth-order valence-electron chi connectivity index (χ4n) is 2.75. The third kappa shape index (κ3) is 4.52. The Hall–Kier alpha value is -4.23. The molecule has 31 heavy (non-hydrogen) atoms. The maximum absolute atomic E-state index is 12.5. The fraction of sp³-hybridized carbons (Fsp3) is 0.0476. The van der Waals surface area contributed by atoms with Crippen LogP contribution in [0, 0.1) is 18.3 Å². The second kappa shape index (κ2) is 8.25. The molecule has 0 saturated heterocycles. The summed E-state index contributed by atoms with van der Waals surface area (Å²) in [7, 11) is -3.77. The molecule has 154 valence electrons. The second-order valence-electron chi connectivity index (χ2n) is 6.44. The molecule has 0 aliphatic carbocycles. The Kier molecular flexibility index (Phi) is 5.34. The molecule has 0 unspecified atom stereocenters. The SMILES string of the molecule is Cc1nccn1-c1ccc(Oc2ccc(NS(=O)(=O)c3ccc(C#N)cc3)cc2)nn1. The Morgan fingerprint density at radius 3 is 2.32 bits per heavy atom. The van der Waals surface area contributed by atoms with Crippen molar-refractivity contribution >= 4 is 15.7 Å². The van der Waals surface area contributed by atoms with Gasteiger partial charge in [0.2, 0.25) is 5.88 Å². The molecule has 0 aliphatic heterocycles. The highest BCUT2D eigenvalue weighted by molar-refractivity contribution is 7.92. The number of nitrogens with zero attached hydrogens (tertiary/aromatic N) is 5. The molecule has 1 N–H and O–H groups in total. The first kappa shape index (κ1) is 20.1. The van der Waals surface area contributed by atoms with E-state index in [4.69, 9.17) is 10.00 Å². The summed E-state index contributed by atoms with van der Waals surface area (Å²) < 4.78 is 34.9. The molecule has 4 aromatic rings. The van der Waals surface area contributed by atoms with Crippen molar-refractivity contribution in [1.82, 2.24) is 19.7 Å². The molecule has 0 aliphatic rings. The summed E-state index contributed by atoms with van der Waals surface area (Å²) >= 11 is 0. The van der Waals surface area contributed by atoms with Crippen LogP contribution < -0.4 is 9.46 Å². The van der Waals surface area contributed by atoms with Crippen LogP contribution >= 0.6 is 0 Å². The summed E-state index contributed by atoms with van der Waals surface area (Å²) in [5, 5.41) is 17.0. The minimum atomic E-state index is -3.77. The predicted molar refractivity (Wildman–Crippen MR) is 112 cm³/mol. The van der Waals surface area contributed by atoms with E-state index in [2.05, 4.69) is 19.9 Å². The zero-order valence-electron chi connectivity index (χ0n) is 16.3. The Morgan fingerprint density at radius 1 is 1.00 bits per heavy atom. The van der Waals surface area contributed by atoms with Crippen LogP contribution in [0.4, 0.5) is 5.69 Å². The zero-order chi connectivity index (χ0) is 21.8. The molecule has 9 nitrogen and oxygen atoms in total. The number of benzene rings is 2. The van der Waals surface area contributed by atoms with Crippen LogP contribution in [-0.2, 0) is 10.0 Å². The van der Waals surface area contributed by atoms with Crippen LogP contribution in [0.3, 0.4) is 0 Å². The fourth-order valence-corrected chi connectivity index (χ4v) is 3.81. The molecule has 0 atom stereocenters. The van der Waals surface area contributed by atoms with E-state index in [1.165, 1.54) is 24.3 Å². The smallest absolute Gasteiger partial charge is 0.261 e. The third-order valence-electron chi connectivity index (χ3n) is 4.32. The summed E-state index contributed by atoms with van der Waals surface area (Å²) in [6.45, 7) is 1.86. The van der Waals surface area contributed by atoms with Gasteiger partial charge in [-0.05, 0) is 61.5 Å². The Morgan fingerprint density at radius 2 is 1.74 bits per heavy atom. The predicted octanol–water partition coefficient (Wildman–Crippen LogP) is 3.44. The van der Waals surface area contributed by atoms with Crippen LogP contribution in [0.15, 0.2) is 78.0 Å². The summed E-state index contributed by atoms with van der Waals surface area (Å²) in [5.41, 5.74) is 0.755. The maximum Gasteiger partial charge on any atom is 0.261 e. The van der Waals surface area contributed by atoms with Gasteiger partial charge >= 0.3 is 0 Å². The van der Waals surface area contributed by atoms with Gasteiger partial charge in [0.25, 0.3) is 10.0 Å². The molecular formula is C21H16N6O3S. The number of sulfonamides is 1. The average molecular weight is 432 g/mol. The van der Waals surface area contributed by atoms with Gasteiger partial charge in [0.15, 0.2) is 5.82 Å². The van der Waals surface area contributed by atoms with Gasteiger partial charge in [-0.15, -0.1) is 10.2 Å². The topological polar surface area (TPSA) is 123 Å². The lowest BCUT2D eigenvalue weighted by Crippen LogP contribution is -2.12. The number of hydrogen-bond acceptors (Lipinski definition) is 7. The van der Waals surface area contributed by atoms with Crippen molar-refractivity contribution in [2.45, 2.75) is 11.8 Å². The highest BCUT2D eigenvalue weighted by Gasteiger charge is 2.14. The Bertz CT molecular complexity index is 1340. The molecule has 0 radical (unpaired) electrons. The van der Waals surface area contributed by atoms with Gasteiger partial charge < -0.3 is 4.74 Å². The van der Waals surface area contributed by atoms with E-state index in [1.807, 2.05) is 13.0 Å². The van der Waals surface area contributed by atoms with Gasteiger partial charge in [0.05, 0.1) is 16.5 Å². The van der Waals surface area contributed by atoms with Crippen molar-refractivity contribution < 1.29 is 13.2 Å². The Labute approximate surface area is 178 Å². The molecular weight excluding hydrogens is 416 g/mol. The lowest BCUT2D eigenvalue weighted by Gasteiger charge is -2.09. The monoisotopic (exact) mass is 432 g/mol. The van der Waals surface area contributed by atoms with E-state index in [0.717, 1.165) is 5.82 Å². The van der Waals surface area contributed by atoms with E-state index in [-0.39, 0.29) is 4.90 Å². The van der Waals surface area contributed by atoms with Crippen LogP contribution in [-0.4, -0.2) is 28.2 Å². The van der Waals surface area contributed by atoms with Gasteiger partial charge in [-0.1, -0.05) is 0 Å². The van der Waals surface area contributed by atoms with Crippen LogP contribution in [0.5, 0.6) is 11.6 Å². The molecule has 0 amide bonds. The molecule has 0 saturated carbocycles. The second-order valence-corrected chi connectivity index (χ2v) is 8.12. The van der Waals surface area contributed by atoms with Gasteiger partial charge in [-0.25, -0.2) is 13.4 Å². The quantitative estimate of drug-likeness (QED) is 0.495.